The second kappa shape index (κ2) is 8.29. The van der Waals surface area contributed by atoms with Gasteiger partial charge in [-0.3, -0.25) is 9.69 Å². The smallest absolute Gasteiger partial charge is 0.247 e. The number of benzene rings is 1. The molecule has 2 unspecified atom stereocenters. The third kappa shape index (κ3) is 4.33. The fraction of sp³-hybridized carbons (Fsp3) is 0.600. The van der Waals surface area contributed by atoms with Gasteiger partial charge in [0.25, 0.3) is 0 Å². The zero-order chi connectivity index (χ0) is 20.6. The topological polar surface area (TPSA) is 79.8 Å². The van der Waals surface area contributed by atoms with Crippen LogP contribution in [0.15, 0.2) is 18.2 Å². The second-order valence-electron chi connectivity index (χ2n) is 7.89. The minimum absolute atomic E-state index is 0.0395. The molecule has 2 aromatic rings. The zero-order valence-corrected chi connectivity index (χ0v) is 18.5. The summed E-state index contributed by atoms with van der Waals surface area (Å²) in [6.45, 7) is 3.50. The third-order valence-electron chi connectivity index (χ3n) is 5.68. The summed E-state index contributed by atoms with van der Waals surface area (Å²) in [4.78, 5) is 20.1. The summed E-state index contributed by atoms with van der Waals surface area (Å²) in [5.41, 5.74) is 1.95. The first-order valence-corrected chi connectivity index (χ1v) is 12.8. The summed E-state index contributed by atoms with van der Waals surface area (Å²) >= 11 is 1.47. The quantitative estimate of drug-likeness (QED) is 0.719. The Morgan fingerprint density at radius 1 is 1.31 bits per heavy atom. The number of carbonyl (C=O) groups excluding carboxylic acids is 1. The van der Waals surface area contributed by atoms with E-state index >= 15 is 0 Å². The lowest BCUT2D eigenvalue weighted by Gasteiger charge is -2.35. The number of nitrogens with zero attached hydrogens (tertiary/aromatic N) is 3. The molecule has 0 N–H and O–H groups in total. The van der Waals surface area contributed by atoms with Crippen molar-refractivity contribution in [3.63, 3.8) is 0 Å². The van der Waals surface area contributed by atoms with Gasteiger partial charge in [0.05, 0.1) is 29.1 Å². The van der Waals surface area contributed by atoms with E-state index in [0.717, 1.165) is 41.5 Å². The van der Waals surface area contributed by atoms with E-state index < -0.39 is 16.1 Å². The van der Waals surface area contributed by atoms with Crippen LogP contribution in [-0.2, 0) is 19.6 Å². The van der Waals surface area contributed by atoms with Gasteiger partial charge in [0.15, 0.2) is 5.13 Å². The molecule has 0 bridgehead atoms. The summed E-state index contributed by atoms with van der Waals surface area (Å²) in [5, 5.41) is 0.619. The van der Waals surface area contributed by atoms with Crippen molar-refractivity contribution >= 4 is 42.6 Å². The van der Waals surface area contributed by atoms with Gasteiger partial charge in [-0.25, -0.2) is 13.4 Å². The molecule has 7 nitrogen and oxygen atoms in total. The normalized spacial score (nSPS) is 23.5. The molecule has 2 fully saturated rings. The number of carbonyl (C=O) groups is 1. The molecule has 2 atom stereocenters. The van der Waals surface area contributed by atoms with Crippen molar-refractivity contribution in [2.75, 3.05) is 30.9 Å². The van der Waals surface area contributed by atoms with Crippen LogP contribution >= 0.6 is 11.3 Å². The van der Waals surface area contributed by atoms with Crippen molar-refractivity contribution in [1.82, 2.24) is 9.29 Å². The third-order valence-corrected chi connectivity index (χ3v) is 8.01. The molecule has 2 aliphatic heterocycles. The molecule has 1 aromatic carbocycles. The first-order valence-electron chi connectivity index (χ1n) is 10.1. The maximum atomic E-state index is 13.6. The lowest BCUT2D eigenvalue weighted by molar-refractivity contribution is -0.123. The Bertz CT molecular complexity index is 998. The number of para-hydroxylation sites is 1. The van der Waals surface area contributed by atoms with Crippen LogP contribution in [0.25, 0.3) is 10.2 Å². The van der Waals surface area contributed by atoms with Gasteiger partial charge in [-0.2, -0.15) is 4.31 Å². The number of fused-ring (bicyclic) bond motifs is 1. The lowest BCUT2D eigenvalue weighted by atomic mass is 10.0. The number of hydrogen-bond donors (Lipinski definition) is 0. The number of sulfonamides is 1. The van der Waals surface area contributed by atoms with Gasteiger partial charge >= 0.3 is 0 Å². The molecule has 2 saturated heterocycles. The molecule has 1 aromatic heterocycles. The van der Waals surface area contributed by atoms with Crippen molar-refractivity contribution in [3.05, 3.63) is 23.8 Å². The highest BCUT2D eigenvalue weighted by Gasteiger charge is 2.39. The first kappa shape index (κ1) is 20.7. The fourth-order valence-electron chi connectivity index (χ4n) is 4.17. The number of aromatic nitrogens is 1. The summed E-state index contributed by atoms with van der Waals surface area (Å²) in [7, 11) is -3.46. The van der Waals surface area contributed by atoms with Crippen LogP contribution in [0.5, 0.6) is 0 Å². The molecule has 158 valence electrons. The van der Waals surface area contributed by atoms with Crippen LogP contribution in [0, 0.1) is 6.92 Å². The van der Waals surface area contributed by atoms with E-state index in [1.165, 1.54) is 21.9 Å². The van der Waals surface area contributed by atoms with E-state index in [1.54, 1.807) is 4.90 Å². The van der Waals surface area contributed by atoms with Gasteiger partial charge in [0.2, 0.25) is 15.9 Å². The number of piperidine rings is 1. The van der Waals surface area contributed by atoms with Gasteiger partial charge in [0.1, 0.15) is 6.04 Å². The van der Waals surface area contributed by atoms with E-state index in [9.17, 15) is 13.2 Å². The van der Waals surface area contributed by atoms with Gasteiger partial charge < -0.3 is 4.74 Å². The molecule has 3 heterocycles. The van der Waals surface area contributed by atoms with E-state index in [-0.39, 0.29) is 12.0 Å². The zero-order valence-electron chi connectivity index (χ0n) is 16.8. The maximum Gasteiger partial charge on any atom is 0.247 e. The van der Waals surface area contributed by atoms with E-state index in [0.29, 0.717) is 31.2 Å². The predicted molar refractivity (Wildman–Crippen MR) is 115 cm³/mol. The Kier molecular flexibility index (Phi) is 5.92. The van der Waals surface area contributed by atoms with Crippen LogP contribution in [0.2, 0.25) is 0 Å². The summed E-state index contributed by atoms with van der Waals surface area (Å²) in [6.07, 6.45) is 5.18. The number of rotatable bonds is 5. The molecule has 29 heavy (non-hydrogen) atoms. The predicted octanol–water partition coefficient (Wildman–Crippen LogP) is 2.93. The van der Waals surface area contributed by atoms with Gasteiger partial charge in [-0.15, -0.1) is 0 Å². The van der Waals surface area contributed by atoms with Crippen LogP contribution in [0.3, 0.4) is 0 Å². The highest BCUT2D eigenvalue weighted by atomic mass is 32.2. The fourth-order valence-corrected chi connectivity index (χ4v) is 6.35. The van der Waals surface area contributed by atoms with E-state index in [1.807, 2.05) is 25.1 Å². The van der Waals surface area contributed by atoms with Gasteiger partial charge in [0, 0.05) is 13.2 Å². The molecule has 9 heteroatoms. The van der Waals surface area contributed by atoms with Crippen LogP contribution in [-0.4, -0.2) is 61.7 Å². The molecule has 4 rings (SSSR count). The van der Waals surface area contributed by atoms with Crippen molar-refractivity contribution in [3.8, 4) is 0 Å². The standard InChI is InChI=1S/C20H27N3O4S2/c1-14-7-5-10-17-18(14)21-20(28-17)22(13-15-8-6-12-27-15)19(24)16-9-3-4-11-23(16)29(2,25)26/h5,7,10,15-16H,3-4,6,8-9,11-13H2,1-2H3. The molecule has 2 aliphatic rings. The number of anilines is 1. The van der Waals surface area contributed by atoms with Crippen LogP contribution < -0.4 is 4.90 Å². The van der Waals surface area contributed by atoms with Gasteiger partial charge in [-0.05, 0) is 44.2 Å². The Labute approximate surface area is 175 Å². The van der Waals surface area contributed by atoms with Crippen molar-refractivity contribution in [2.45, 2.75) is 51.2 Å². The Morgan fingerprint density at radius 2 is 2.14 bits per heavy atom. The number of aryl methyl sites for hydroxylation is 1. The van der Waals surface area contributed by atoms with Crippen molar-refractivity contribution in [2.24, 2.45) is 0 Å². The number of thiazole rings is 1. The van der Waals surface area contributed by atoms with Gasteiger partial charge in [-0.1, -0.05) is 29.9 Å². The summed E-state index contributed by atoms with van der Waals surface area (Å²) in [6, 6.07) is 5.32. The molecule has 0 saturated carbocycles. The molecule has 0 radical (unpaired) electrons. The Morgan fingerprint density at radius 3 is 2.83 bits per heavy atom. The average molecular weight is 438 g/mol. The van der Waals surface area contributed by atoms with E-state index in [4.69, 9.17) is 9.72 Å². The Balaban J connectivity index is 1.70. The second-order valence-corrected chi connectivity index (χ2v) is 10.8. The monoisotopic (exact) mass is 437 g/mol. The maximum absolute atomic E-state index is 13.6. The molecule has 0 aliphatic carbocycles. The molecule has 0 spiro atoms. The minimum Gasteiger partial charge on any atom is -0.376 e. The molecular weight excluding hydrogens is 410 g/mol. The first-order chi connectivity index (χ1) is 13.8. The number of amides is 1. The highest BCUT2D eigenvalue weighted by Crippen LogP contribution is 2.33. The number of ether oxygens (including phenoxy) is 1. The summed E-state index contributed by atoms with van der Waals surface area (Å²) in [5.74, 6) is -0.192. The van der Waals surface area contributed by atoms with Crippen LogP contribution in [0.1, 0.15) is 37.7 Å². The van der Waals surface area contributed by atoms with Crippen LogP contribution in [0.4, 0.5) is 5.13 Å². The number of hydrogen-bond acceptors (Lipinski definition) is 6. The molecule has 1 amide bonds. The lowest BCUT2D eigenvalue weighted by Crippen LogP contribution is -2.54. The average Bonchev–Trinajstić information content (AvgIpc) is 3.35. The largest absolute Gasteiger partial charge is 0.376 e. The van der Waals surface area contributed by atoms with E-state index in [2.05, 4.69) is 0 Å². The van der Waals surface area contributed by atoms with Crippen molar-refractivity contribution < 1.29 is 17.9 Å². The SMILES string of the molecule is Cc1cccc2sc(N(CC3CCCO3)C(=O)C3CCCCN3S(C)(=O)=O)nc12. The molecular formula is C20H27N3O4S2. The Hall–Kier alpha value is -1.55. The summed E-state index contributed by atoms with van der Waals surface area (Å²) < 4.78 is 32.8. The highest BCUT2D eigenvalue weighted by molar-refractivity contribution is 7.88. The minimum atomic E-state index is -3.46. The van der Waals surface area contributed by atoms with Crippen molar-refractivity contribution in [1.29, 1.82) is 0 Å².